The maximum Gasteiger partial charge on any atom is 0.244 e. The van der Waals surface area contributed by atoms with Crippen molar-refractivity contribution in [2.45, 2.75) is 29.7 Å². The Kier molecular flexibility index (Phi) is 3.42. The van der Waals surface area contributed by atoms with Gasteiger partial charge < -0.3 is 0 Å². The van der Waals surface area contributed by atoms with Crippen LogP contribution in [-0.2, 0) is 8.90 Å². The van der Waals surface area contributed by atoms with Gasteiger partial charge in [0, 0.05) is 5.56 Å². The molecule has 1 rings (SSSR count). The van der Waals surface area contributed by atoms with E-state index < -0.39 is 3.49 Å². The summed E-state index contributed by atoms with van der Waals surface area (Å²) in [5.41, 5.74) is 1.88. The molecule has 3 heteroatoms. The van der Waals surface area contributed by atoms with E-state index in [1.807, 2.05) is 12.1 Å². The van der Waals surface area contributed by atoms with Crippen molar-refractivity contribution in [2.75, 3.05) is 0 Å². The predicted octanol–water partition coefficient (Wildman–Crippen LogP) is 4.85. The molecule has 14 heavy (non-hydrogen) atoms. The number of benzene rings is 1. The van der Waals surface area contributed by atoms with E-state index in [9.17, 15) is 4.39 Å². The van der Waals surface area contributed by atoms with Crippen LogP contribution in [-0.4, -0.2) is 0 Å². The van der Waals surface area contributed by atoms with Crippen LogP contribution >= 0.6 is 31.9 Å². The summed E-state index contributed by atoms with van der Waals surface area (Å²) < 4.78 is 11.8. The molecule has 0 saturated carbocycles. The molecule has 1 aromatic carbocycles. The predicted molar refractivity (Wildman–Crippen MR) is 65.8 cm³/mol. The summed E-state index contributed by atoms with van der Waals surface area (Å²) in [5, 5.41) is 0. The van der Waals surface area contributed by atoms with E-state index >= 15 is 0 Å². The zero-order valence-electron chi connectivity index (χ0n) is 8.44. The Labute approximate surface area is 101 Å². The Morgan fingerprint density at radius 1 is 0.929 bits per heavy atom. The Morgan fingerprint density at radius 2 is 1.29 bits per heavy atom. The van der Waals surface area contributed by atoms with Crippen LogP contribution in [0.2, 0.25) is 0 Å². The summed E-state index contributed by atoms with van der Waals surface area (Å²) in [6, 6.07) is 7.46. The van der Waals surface area contributed by atoms with Gasteiger partial charge in [0.25, 0.3) is 0 Å². The van der Waals surface area contributed by atoms with Crippen LogP contribution in [0.25, 0.3) is 0 Å². The van der Waals surface area contributed by atoms with Gasteiger partial charge in [0.2, 0.25) is 3.49 Å². The van der Waals surface area contributed by atoms with Gasteiger partial charge in [0.1, 0.15) is 0 Å². The molecule has 0 unspecified atom stereocenters. The summed E-state index contributed by atoms with van der Waals surface area (Å²) in [4.78, 5) is 0. The van der Waals surface area contributed by atoms with Gasteiger partial charge in [-0.15, -0.1) is 0 Å². The second kappa shape index (κ2) is 3.93. The molecule has 0 spiro atoms. The molecule has 0 heterocycles. The van der Waals surface area contributed by atoms with Crippen molar-refractivity contribution in [3.63, 3.8) is 0 Å². The minimum Gasteiger partial charge on any atom is -0.213 e. The minimum atomic E-state index is -1.61. The van der Waals surface area contributed by atoms with Crippen molar-refractivity contribution in [1.82, 2.24) is 0 Å². The Morgan fingerprint density at radius 3 is 1.57 bits per heavy atom. The fraction of sp³-hybridized carbons (Fsp3) is 0.455. The van der Waals surface area contributed by atoms with Crippen LogP contribution in [0, 0.1) is 0 Å². The summed E-state index contributed by atoms with van der Waals surface area (Å²) in [6.07, 6.45) is 0. The van der Waals surface area contributed by atoms with E-state index in [2.05, 4.69) is 52.6 Å². The van der Waals surface area contributed by atoms with Gasteiger partial charge in [-0.2, -0.15) is 0 Å². The highest BCUT2D eigenvalue weighted by atomic mass is 79.9. The van der Waals surface area contributed by atoms with Crippen LogP contribution in [0.5, 0.6) is 0 Å². The molecular weight excluding hydrogens is 311 g/mol. The van der Waals surface area contributed by atoms with Crippen LogP contribution in [0.1, 0.15) is 31.9 Å². The fourth-order valence-electron chi connectivity index (χ4n) is 1.16. The zero-order chi connectivity index (χ0) is 11.0. The molecule has 0 atom stereocenters. The van der Waals surface area contributed by atoms with Gasteiger partial charge in [0.15, 0.2) is 0 Å². The number of rotatable bonds is 1. The maximum absolute atomic E-state index is 13.4. The lowest BCUT2D eigenvalue weighted by Crippen LogP contribution is -2.11. The van der Waals surface area contributed by atoms with Gasteiger partial charge in [-0.05, 0) is 42.8 Å². The lowest BCUT2D eigenvalue weighted by atomic mass is 9.87. The molecule has 0 aliphatic carbocycles. The van der Waals surface area contributed by atoms with Crippen molar-refractivity contribution < 1.29 is 4.39 Å². The molecule has 0 N–H and O–H groups in total. The number of hydrogen-bond donors (Lipinski definition) is 0. The third kappa shape index (κ3) is 3.06. The molecule has 0 fully saturated rings. The lowest BCUT2D eigenvalue weighted by Gasteiger charge is -2.20. The van der Waals surface area contributed by atoms with Gasteiger partial charge in [-0.1, -0.05) is 45.0 Å². The molecule has 0 nitrogen and oxygen atoms in total. The van der Waals surface area contributed by atoms with E-state index in [1.165, 1.54) is 5.56 Å². The van der Waals surface area contributed by atoms with E-state index in [0.717, 1.165) is 0 Å². The third-order valence-electron chi connectivity index (χ3n) is 2.08. The zero-order valence-corrected chi connectivity index (χ0v) is 11.6. The molecular formula is C11H13Br2F. The third-order valence-corrected chi connectivity index (χ3v) is 2.99. The lowest BCUT2D eigenvalue weighted by molar-refractivity contribution is 0.444. The second-order valence-corrected chi connectivity index (χ2v) is 7.57. The SMILES string of the molecule is CC(C)(C)c1ccc(C(F)(Br)Br)cc1. The van der Waals surface area contributed by atoms with Crippen LogP contribution in [0.4, 0.5) is 4.39 Å². The summed E-state index contributed by atoms with van der Waals surface area (Å²) in [6.45, 7) is 6.40. The van der Waals surface area contributed by atoms with Crippen molar-refractivity contribution >= 4 is 31.9 Å². The molecule has 0 saturated heterocycles. The first-order valence-electron chi connectivity index (χ1n) is 4.39. The summed E-state index contributed by atoms with van der Waals surface area (Å²) in [5.74, 6) is 0. The van der Waals surface area contributed by atoms with E-state index in [-0.39, 0.29) is 5.41 Å². The number of alkyl halides is 3. The highest BCUT2D eigenvalue weighted by molar-refractivity contribution is 9.24. The molecule has 0 amide bonds. The topological polar surface area (TPSA) is 0 Å². The fourth-order valence-corrected chi connectivity index (χ4v) is 1.69. The molecule has 0 aliphatic rings. The molecule has 0 radical (unpaired) electrons. The largest absolute Gasteiger partial charge is 0.244 e. The number of halogens is 3. The summed E-state index contributed by atoms with van der Waals surface area (Å²) in [7, 11) is 0. The Balaban J connectivity index is 3.02. The highest BCUT2D eigenvalue weighted by Crippen LogP contribution is 2.39. The van der Waals surface area contributed by atoms with Gasteiger partial charge in [0.05, 0.1) is 0 Å². The second-order valence-electron chi connectivity index (χ2n) is 4.33. The smallest absolute Gasteiger partial charge is 0.213 e. The Hall–Kier alpha value is 0.110. The number of hydrogen-bond acceptors (Lipinski definition) is 0. The average molecular weight is 324 g/mol. The first kappa shape index (κ1) is 12.2. The standard InChI is InChI=1S/C11H13Br2F/c1-10(2,3)8-4-6-9(7-5-8)11(12,13)14/h4-7H,1-3H3. The maximum atomic E-state index is 13.4. The monoisotopic (exact) mass is 322 g/mol. The summed E-state index contributed by atoms with van der Waals surface area (Å²) >= 11 is 5.82. The van der Waals surface area contributed by atoms with Crippen LogP contribution < -0.4 is 0 Å². The van der Waals surface area contributed by atoms with Crippen LogP contribution in [0.3, 0.4) is 0 Å². The van der Waals surface area contributed by atoms with Crippen molar-refractivity contribution in [3.05, 3.63) is 35.4 Å². The van der Waals surface area contributed by atoms with Crippen molar-refractivity contribution in [1.29, 1.82) is 0 Å². The van der Waals surface area contributed by atoms with E-state index in [0.29, 0.717) is 5.56 Å². The Bertz CT molecular complexity index is 271. The first-order valence-corrected chi connectivity index (χ1v) is 5.97. The quantitative estimate of drug-likeness (QED) is 0.648. The van der Waals surface area contributed by atoms with E-state index in [4.69, 9.17) is 0 Å². The molecule has 0 bridgehead atoms. The first-order chi connectivity index (χ1) is 6.21. The van der Waals surface area contributed by atoms with Gasteiger partial charge in [-0.25, -0.2) is 4.39 Å². The van der Waals surface area contributed by atoms with Crippen molar-refractivity contribution in [3.8, 4) is 0 Å². The molecule has 1 aromatic rings. The highest BCUT2D eigenvalue weighted by Gasteiger charge is 2.24. The minimum absolute atomic E-state index is 0.107. The average Bonchev–Trinajstić information content (AvgIpc) is 2.01. The molecule has 0 aliphatic heterocycles. The molecule has 78 valence electrons. The van der Waals surface area contributed by atoms with Gasteiger partial charge in [-0.3, -0.25) is 0 Å². The molecule has 0 aromatic heterocycles. The van der Waals surface area contributed by atoms with Crippen LogP contribution in [0.15, 0.2) is 24.3 Å². The van der Waals surface area contributed by atoms with E-state index in [1.54, 1.807) is 12.1 Å². The normalized spacial score (nSPS) is 13.0. The van der Waals surface area contributed by atoms with Crippen molar-refractivity contribution in [2.24, 2.45) is 0 Å². The van der Waals surface area contributed by atoms with Gasteiger partial charge >= 0.3 is 0 Å².